The molecule has 0 spiro atoms. The van der Waals surface area contributed by atoms with Crippen molar-refractivity contribution >= 4 is 23.0 Å². The van der Waals surface area contributed by atoms with Gasteiger partial charge in [0.1, 0.15) is 11.1 Å². The van der Waals surface area contributed by atoms with Crippen molar-refractivity contribution in [3.8, 4) is 28.8 Å². The molecule has 0 aliphatic rings. The number of thiazole rings is 1. The van der Waals surface area contributed by atoms with Crippen LogP contribution in [-0.2, 0) is 0 Å². The summed E-state index contributed by atoms with van der Waals surface area (Å²) in [5.41, 5.74) is 3.33. The lowest BCUT2D eigenvalue weighted by molar-refractivity contribution is 0.271. The first kappa shape index (κ1) is 21.6. The molecule has 154 valence electrons. The Kier molecular flexibility index (Phi) is 8.05. The van der Waals surface area contributed by atoms with Crippen molar-refractivity contribution in [1.29, 1.82) is 5.26 Å². The fourth-order valence-corrected chi connectivity index (χ4v) is 3.78. The average molecular weight is 419 g/mol. The van der Waals surface area contributed by atoms with Gasteiger partial charge in [-0.05, 0) is 37.1 Å². The van der Waals surface area contributed by atoms with Gasteiger partial charge >= 0.3 is 0 Å². The Labute approximate surface area is 182 Å². The standard InChI is InChI=1S/C25H26N2O2S/c1-3-5-9-14-29-23-13-12-19(16-24(23)28-4-2)15-21(17-26)25-27-22(18-30-25)20-10-7-6-8-11-20/h6-8,10-13,15-16,18H,3-5,9,14H2,1-2H3/b21-15-. The molecule has 0 amide bonds. The molecule has 3 aromatic rings. The number of nitriles is 1. The molecule has 5 heteroatoms. The number of rotatable bonds is 10. The molecule has 3 rings (SSSR count). The maximum absolute atomic E-state index is 9.71. The SMILES string of the molecule is CCCCCOc1ccc(/C=C(/C#N)c2nc(-c3ccccc3)cs2)cc1OCC. The van der Waals surface area contributed by atoms with Crippen molar-refractivity contribution in [1.82, 2.24) is 4.98 Å². The minimum Gasteiger partial charge on any atom is -0.490 e. The van der Waals surface area contributed by atoms with E-state index >= 15 is 0 Å². The highest BCUT2D eigenvalue weighted by molar-refractivity contribution is 7.11. The van der Waals surface area contributed by atoms with E-state index in [2.05, 4.69) is 18.0 Å². The van der Waals surface area contributed by atoms with E-state index in [1.807, 2.05) is 66.9 Å². The van der Waals surface area contributed by atoms with Gasteiger partial charge in [0.15, 0.2) is 11.5 Å². The summed E-state index contributed by atoms with van der Waals surface area (Å²) in [6.07, 6.45) is 5.17. The third kappa shape index (κ3) is 5.71. The molecule has 4 nitrogen and oxygen atoms in total. The Morgan fingerprint density at radius 2 is 1.90 bits per heavy atom. The molecule has 0 saturated carbocycles. The predicted molar refractivity (Wildman–Crippen MR) is 124 cm³/mol. The molecule has 0 unspecified atom stereocenters. The number of unbranched alkanes of at least 4 members (excludes halogenated alkanes) is 2. The molecule has 0 radical (unpaired) electrons. The number of hydrogen-bond acceptors (Lipinski definition) is 5. The third-order valence-electron chi connectivity index (χ3n) is 4.51. The number of aromatic nitrogens is 1. The van der Waals surface area contributed by atoms with Gasteiger partial charge in [0, 0.05) is 10.9 Å². The maximum atomic E-state index is 9.71. The molecule has 0 aliphatic heterocycles. The van der Waals surface area contributed by atoms with Crippen LogP contribution in [0.5, 0.6) is 11.5 Å². The second-order valence-corrected chi connectivity index (χ2v) is 7.63. The van der Waals surface area contributed by atoms with E-state index in [0.717, 1.165) is 41.8 Å². The Morgan fingerprint density at radius 3 is 2.63 bits per heavy atom. The number of benzene rings is 2. The minimum absolute atomic E-state index is 0.529. The van der Waals surface area contributed by atoms with Gasteiger partial charge in [-0.2, -0.15) is 5.26 Å². The molecular formula is C25H26N2O2S. The summed E-state index contributed by atoms with van der Waals surface area (Å²) in [5, 5.41) is 12.4. The summed E-state index contributed by atoms with van der Waals surface area (Å²) in [6.45, 7) is 5.35. The highest BCUT2D eigenvalue weighted by Gasteiger charge is 2.11. The highest BCUT2D eigenvalue weighted by Crippen LogP contribution is 2.32. The van der Waals surface area contributed by atoms with E-state index in [1.54, 1.807) is 0 Å². The molecule has 1 aromatic heterocycles. The molecular weight excluding hydrogens is 392 g/mol. The fraction of sp³-hybridized carbons (Fsp3) is 0.280. The maximum Gasteiger partial charge on any atom is 0.161 e. The van der Waals surface area contributed by atoms with Crippen molar-refractivity contribution in [2.24, 2.45) is 0 Å². The first-order chi connectivity index (χ1) is 14.7. The Bertz CT molecular complexity index is 1020. The van der Waals surface area contributed by atoms with Crippen molar-refractivity contribution in [3.63, 3.8) is 0 Å². The van der Waals surface area contributed by atoms with Crippen LogP contribution in [0.15, 0.2) is 53.9 Å². The van der Waals surface area contributed by atoms with E-state index in [-0.39, 0.29) is 0 Å². The lowest BCUT2D eigenvalue weighted by atomic mass is 10.1. The zero-order valence-electron chi connectivity index (χ0n) is 17.4. The van der Waals surface area contributed by atoms with Gasteiger partial charge in [0.2, 0.25) is 0 Å². The van der Waals surface area contributed by atoms with Crippen molar-refractivity contribution in [2.45, 2.75) is 33.1 Å². The van der Waals surface area contributed by atoms with Gasteiger partial charge in [-0.3, -0.25) is 0 Å². The molecule has 0 saturated heterocycles. The molecule has 1 heterocycles. The second-order valence-electron chi connectivity index (χ2n) is 6.77. The average Bonchev–Trinajstić information content (AvgIpc) is 3.27. The number of ether oxygens (including phenoxy) is 2. The molecule has 0 fully saturated rings. The second kappa shape index (κ2) is 11.2. The van der Waals surface area contributed by atoms with Gasteiger partial charge in [-0.1, -0.05) is 56.2 Å². The van der Waals surface area contributed by atoms with Crippen molar-refractivity contribution in [3.05, 3.63) is 64.5 Å². The third-order valence-corrected chi connectivity index (χ3v) is 5.38. The normalized spacial score (nSPS) is 11.2. The largest absolute Gasteiger partial charge is 0.490 e. The van der Waals surface area contributed by atoms with Crippen LogP contribution in [0.3, 0.4) is 0 Å². The summed E-state index contributed by atoms with van der Waals surface area (Å²) in [7, 11) is 0. The van der Waals surface area contributed by atoms with Crippen LogP contribution in [0.2, 0.25) is 0 Å². The zero-order valence-corrected chi connectivity index (χ0v) is 18.2. The Morgan fingerprint density at radius 1 is 1.07 bits per heavy atom. The van der Waals surface area contributed by atoms with Crippen LogP contribution >= 0.6 is 11.3 Å². The molecule has 0 aliphatic carbocycles. The fourth-order valence-electron chi connectivity index (χ4n) is 2.98. The molecule has 0 atom stereocenters. The molecule has 0 bridgehead atoms. The quantitative estimate of drug-likeness (QED) is 0.267. The Balaban J connectivity index is 1.82. The highest BCUT2D eigenvalue weighted by atomic mass is 32.1. The van der Waals surface area contributed by atoms with Crippen LogP contribution in [0.1, 0.15) is 43.7 Å². The first-order valence-corrected chi connectivity index (χ1v) is 11.2. The summed E-state index contributed by atoms with van der Waals surface area (Å²) in [5.74, 6) is 1.44. The van der Waals surface area contributed by atoms with E-state index < -0.39 is 0 Å². The number of allylic oxidation sites excluding steroid dienone is 1. The van der Waals surface area contributed by atoms with Crippen molar-refractivity contribution in [2.75, 3.05) is 13.2 Å². The van der Waals surface area contributed by atoms with Crippen LogP contribution in [0.25, 0.3) is 22.9 Å². The van der Waals surface area contributed by atoms with Gasteiger partial charge in [0.25, 0.3) is 0 Å². The molecule has 30 heavy (non-hydrogen) atoms. The lowest BCUT2D eigenvalue weighted by Crippen LogP contribution is -2.01. The summed E-state index contributed by atoms with van der Waals surface area (Å²) in [6, 6.07) is 18.0. The van der Waals surface area contributed by atoms with E-state index in [0.29, 0.717) is 29.5 Å². The number of hydrogen-bond donors (Lipinski definition) is 0. The van der Waals surface area contributed by atoms with Gasteiger partial charge in [0.05, 0.1) is 24.5 Å². The van der Waals surface area contributed by atoms with E-state index in [1.165, 1.54) is 11.3 Å². The van der Waals surface area contributed by atoms with Crippen LogP contribution in [0.4, 0.5) is 0 Å². The smallest absolute Gasteiger partial charge is 0.161 e. The monoisotopic (exact) mass is 418 g/mol. The van der Waals surface area contributed by atoms with E-state index in [9.17, 15) is 5.26 Å². The van der Waals surface area contributed by atoms with Gasteiger partial charge < -0.3 is 9.47 Å². The van der Waals surface area contributed by atoms with Crippen LogP contribution in [0, 0.1) is 11.3 Å². The van der Waals surface area contributed by atoms with Crippen LogP contribution in [-0.4, -0.2) is 18.2 Å². The Hall–Kier alpha value is -3.10. The topological polar surface area (TPSA) is 55.1 Å². The van der Waals surface area contributed by atoms with E-state index in [4.69, 9.17) is 9.47 Å². The first-order valence-electron chi connectivity index (χ1n) is 10.3. The van der Waals surface area contributed by atoms with Crippen LogP contribution < -0.4 is 9.47 Å². The van der Waals surface area contributed by atoms with Crippen molar-refractivity contribution < 1.29 is 9.47 Å². The lowest BCUT2D eigenvalue weighted by Gasteiger charge is -2.12. The summed E-state index contributed by atoms with van der Waals surface area (Å²) >= 11 is 1.47. The summed E-state index contributed by atoms with van der Waals surface area (Å²) in [4.78, 5) is 4.65. The molecule has 0 N–H and O–H groups in total. The summed E-state index contributed by atoms with van der Waals surface area (Å²) < 4.78 is 11.7. The van der Waals surface area contributed by atoms with Gasteiger partial charge in [-0.15, -0.1) is 11.3 Å². The van der Waals surface area contributed by atoms with Gasteiger partial charge in [-0.25, -0.2) is 4.98 Å². The zero-order chi connectivity index (χ0) is 21.2. The molecule has 2 aromatic carbocycles. The minimum atomic E-state index is 0.529. The predicted octanol–water partition coefficient (Wildman–Crippen LogP) is 6.84. The number of nitrogens with zero attached hydrogens (tertiary/aromatic N) is 2.